The summed E-state index contributed by atoms with van der Waals surface area (Å²) in [6, 6.07) is 0. The Bertz CT molecular complexity index is 880. The average molecular weight is 457 g/mol. The largest absolute Gasteiger partial charge is 0.481 e. The van der Waals surface area contributed by atoms with Gasteiger partial charge in [-0.05, 0) is 116 Å². The zero-order valence-electron chi connectivity index (χ0n) is 22.4. The lowest BCUT2D eigenvalue weighted by Crippen LogP contribution is -2.68. The summed E-state index contributed by atoms with van der Waals surface area (Å²) >= 11 is 0. The van der Waals surface area contributed by atoms with E-state index in [0.717, 1.165) is 32.1 Å². The lowest BCUT2D eigenvalue weighted by Gasteiger charge is -2.74. The molecule has 0 aliphatic heterocycles. The van der Waals surface area contributed by atoms with Crippen LogP contribution in [-0.4, -0.2) is 16.9 Å². The highest BCUT2D eigenvalue weighted by molar-refractivity contribution is 5.82. The summed E-state index contributed by atoms with van der Waals surface area (Å²) in [6.45, 7) is 16.9. The van der Waals surface area contributed by atoms with Crippen molar-refractivity contribution in [3.8, 4) is 0 Å². The van der Waals surface area contributed by atoms with E-state index in [1.807, 2.05) is 6.92 Å². The van der Waals surface area contributed by atoms with Crippen LogP contribution in [0.5, 0.6) is 0 Å². The summed E-state index contributed by atoms with van der Waals surface area (Å²) in [5.74, 6) is 1.91. The quantitative estimate of drug-likeness (QED) is 0.444. The molecule has 5 aliphatic rings. The van der Waals surface area contributed by atoms with E-state index in [4.69, 9.17) is 0 Å². The van der Waals surface area contributed by atoms with Gasteiger partial charge >= 0.3 is 5.97 Å². The third kappa shape index (κ3) is 2.80. The first-order valence-corrected chi connectivity index (χ1v) is 13.9. The number of hydrogen-bond acceptors (Lipinski definition) is 2. The maximum Gasteiger partial charge on any atom is 0.309 e. The van der Waals surface area contributed by atoms with E-state index < -0.39 is 11.4 Å². The summed E-state index contributed by atoms with van der Waals surface area (Å²) < 4.78 is 0. The van der Waals surface area contributed by atoms with Crippen molar-refractivity contribution in [1.82, 2.24) is 0 Å². The van der Waals surface area contributed by atoms with E-state index in [-0.39, 0.29) is 27.6 Å². The van der Waals surface area contributed by atoms with Crippen molar-refractivity contribution in [1.29, 1.82) is 0 Å². The van der Waals surface area contributed by atoms with Crippen LogP contribution >= 0.6 is 0 Å². The van der Waals surface area contributed by atoms with Crippen LogP contribution in [0.2, 0.25) is 0 Å². The smallest absolute Gasteiger partial charge is 0.309 e. The molecule has 186 valence electrons. The second-order valence-corrected chi connectivity index (χ2v) is 15.0. The van der Waals surface area contributed by atoms with E-state index in [1.54, 1.807) is 0 Å². The average Bonchev–Trinajstić information content (AvgIpc) is 2.74. The first-order chi connectivity index (χ1) is 15.2. The molecule has 0 unspecified atom stereocenters. The molecule has 5 saturated carbocycles. The van der Waals surface area contributed by atoms with E-state index in [0.29, 0.717) is 29.0 Å². The molecule has 33 heavy (non-hydrogen) atoms. The van der Waals surface area contributed by atoms with E-state index in [9.17, 15) is 14.7 Å². The summed E-state index contributed by atoms with van der Waals surface area (Å²) in [5, 5.41) is 10.1. The molecule has 0 spiro atoms. The first-order valence-electron chi connectivity index (χ1n) is 13.9. The molecule has 10 atom stereocenters. The molecule has 0 saturated heterocycles. The van der Waals surface area contributed by atoms with Crippen LogP contribution in [0, 0.1) is 56.2 Å². The SMILES string of the molecule is C[C@@H]1C(=O)CC[C@@H]2[C@]1(C)CC[C@@H]1[C@]2(C)CC[C@@]2(C)[C@H]3C[C@@](C)(C(=O)O)CC[C@]3(C)CC[C@]12C. The van der Waals surface area contributed by atoms with Gasteiger partial charge in [0, 0.05) is 12.3 Å². The van der Waals surface area contributed by atoms with Gasteiger partial charge in [0.25, 0.3) is 0 Å². The van der Waals surface area contributed by atoms with E-state index >= 15 is 0 Å². The number of carboxylic acids is 1. The maximum absolute atomic E-state index is 12.7. The molecule has 3 nitrogen and oxygen atoms in total. The predicted molar refractivity (Wildman–Crippen MR) is 132 cm³/mol. The van der Waals surface area contributed by atoms with Gasteiger partial charge in [0.05, 0.1) is 5.41 Å². The van der Waals surface area contributed by atoms with Crippen LogP contribution in [0.15, 0.2) is 0 Å². The Morgan fingerprint density at radius 3 is 2.03 bits per heavy atom. The number of rotatable bonds is 1. The molecule has 1 N–H and O–H groups in total. The fourth-order valence-corrected chi connectivity index (χ4v) is 11.2. The van der Waals surface area contributed by atoms with Gasteiger partial charge in [-0.1, -0.05) is 41.5 Å². The molecular formula is C30H48O3. The van der Waals surface area contributed by atoms with Gasteiger partial charge < -0.3 is 5.11 Å². The minimum absolute atomic E-state index is 0.153. The maximum atomic E-state index is 12.7. The van der Waals surface area contributed by atoms with Crippen LogP contribution < -0.4 is 0 Å². The molecule has 5 rings (SSSR count). The number of carboxylic acid groups (broad SMARTS) is 1. The Morgan fingerprint density at radius 2 is 1.36 bits per heavy atom. The number of hydrogen-bond donors (Lipinski definition) is 1. The molecule has 0 amide bonds. The van der Waals surface area contributed by atoms with Gasteiger partial charge in [-0.15, -0.1) is 0 Å². The minimum Gasteiger partial charge on any atom is -0.481 e. The Morgan fingerprint density at radius 1 is 0.758 bits per heavy atom. The molecule has 0 aromatic rings. The van der Waals surface area contributed by atoms with Crippen LogP contribution in [0.4, 0.5) is 0 Å². The number of fused-ring (bicyclic) bond motifs is 7. The van der Waals surface area contributed by atoms with Crippen molar-refractivity contribution < 1.29 is 14.7 Å². The van der Waals surface area contributed by atoms with Crippen LogP contribution in [0.3, 0.4) is 0 Å². The monoisotopic (exact) mass is 456 g/mol. The molecule has 0 bridgehead atoms. The second-order valence-electron chi connectivity index (χ2n) is 15.0. The van der Waals surface area contributed by atoms with Crippen molar-refractivity contribution >= 4 is 11.8 Å². The Labute approximate surface area is 201 Å². The van der Waals surface area contributed by atoms with Crippen molar-refractivity contribution in [2.45, 2.75) is 119 Å². The Kier molecular flexibility index (Phi) is 4.97. The van der Waals surface area contributed by atoms with Crippen LogP contribution in [0.25, 0.3) is 0 Å². The van der Waals surface area contributed by atoms with Crippen LogP contribution in [-0.2, 0) is 9.59 Å². The van der Waals surface area contributed by atoms with Crippen molar-refractivity contribution in [2.24, 2.45) is 56.2 Å². The summed E-state index contributed by atoms with van der Waals surface area (Å²) in [6.07, 6.45) is 12.0. The Balaban J connectivity index is 1.54. The highest BCUT2D eigenvalue weighted by atomic mass is 16.4. The number of aliphatic carboxylic acids is 1. The topological polar surface area (TPSA) is 54.4 Å². The van der Waals surface area contributed by atoms with Crippen molar-refractivity contribution in [3.05, 3.63) is 0 Å². The third-order valence-corrected chi connectivity index (χ3v) is 14.0. The summed E-state index contributed by atoms with van der Waals surface area (Å²) in [4.78, 5) is 25.0. The fraction of sp³-hybridized carbons (Fsp3) is 0.933. The molecule has 0 radical (unpaired) electrons. The minimum atomic E-state index is -0.588. The van der Waals surface area contributed by atoms with Crippen molar-refractivity contribution in [3.63, 3.8) is 0 Å². The second kappa shape index (κ2) is 6.88. The molecule has 0 aromatic carbocycles. The fourth-order valence-electron chi connectivity index (χ4n) is 11.2. The van der Waals surface area contributed by atoms with Gasteiger partial charge in [0.1, 0.15) is 5.78 Å². The summed E-state index contributed by atoms with van der Waals surface area (Å²) in [5.41, 5.74) is 0.621. The molecule has 3 heteroatoms. The zero-order valence-corrected chi connectivity index (χ0v) is 22.4. The molecule has 5 aliphatic carbocycles. The lowest BCUT2D eigenvalue weighted by molar-refractivity contribution is -0.257. The van der Waals surface area contributed by atoms with Gasteiger partial charge in [-0.25, -0.2) is 0 Å². The van der Waals surface area contributed by atoms with E-state index in [1.165, 1.54) is 38.5 Å². The summed E-state index contributed by atoms with van der Waals surface area (Å²) in [7, 11) is 0. The van der Waals surface area contributed by atoms with Gasteiger partial charge in [-0.2, -0.15) is 0 Å². The molecule has 5 fully saturated rings. The highest BCUT2D eigenvalue weighted by Crippen LogP contribution is 2.78. The predicted octanol–water partition coefficient (Wildman–Crippen LogP) is 7.52. The Hall–Kier alpha value is -0.860. The first kappa shape index (κ1) is 23.9. The number of carbonyl (C=O) groups is 2. The zero-order chi connectivity index (χ0) is 24.2. The lowest BCUT2D eigenvalue weighted by atomic mass is 9.30. The third-order valence-electron chi connectivity index (χ3n) is 14.0. The molecule has 0 heterocycles. The molecule has 0 aromatic heterocycles. The van der Waals surface area contributed by atoms with Gasteiger partial charge in [0.2, 0.25) is 0 Å². The van der Waals surface area contributed by atoms with Crippen LogP contribution in [0.1, 0.15) is 119 Å². The van der Waals surface area contributed by atoms with Gasteiger partial charge in [0.15, 0.2) is 0 Å². The van der Waals surface area contributed by atoms with Gasteiger partial charge in [-0.3, -0.25) is 9.59 Å². The normalized spacial score (nSPS) is 58.5. The van der Waals surface area contributed by atoms with Crippen molar-refractivity contribution in [2.75, 3.05) is 0 Å². The molecular weight excluding hydrogens is 408 g/mol. The number of ketones is 1. The number of carbonyl (C=O) groups excluding carboxylic acids is 1. The van der Waals surface area contributed by atoms with E-state index in [2.05, 4.69) is 41.5 Å². The highest BCUT2D eigenvalue weighted by Gasteiger charge is 2.71. The number of Topliss-reactive ketones (excluding diaryl/α,β-unsaturated/α-hetero) is 1. The standard InChI is InChI=1S/C30H48O3/c1-19-20(31)8-9-21-27(19,4)11-10-22-28(21,5)15-17-30(7)23-18-26(3,24(32)33)13-12-25(23,2)14-16-29(22,30)6/h19,21-23H,8-18H2,1-7H3,(H,32,33)/t19-,21-,22-,23+,25-,26+,27-,28-,29-,30+/m1/s1.